The minimum atomic E-state index is -0.301. The SMILES string of the molecule is O=[N+]([O-])c1cc(CN2CCC[C@@H]2CCc2ccccc2)cs1. The van der Waals surface area contributed by atoms with Gasteiger partial charge in [-0.3, -0.25) is 15.0 Å². The summed E-state index contributed by atoms with van der Waals surface area (Å²) in [5.74, 6) is 0. The summed E-state index contributed by atoms with van der Waals surface area (Å²) < 4.78 is 0. The zero-order chi connectivity index (χ0) is 15.4. The second-order valence-corrected chi connectivity index (χ2v) is 6.73. The number of nitro groups is 1. The molecule has 1 aromatic heterocycles. The van der Waals surface area contributed by atoms with E-state index in [0.717, 1.165) is 31.5 Å². The highest BCUT2D eigenvalue weighted by Gasteiger charge is 2.25. The number of hydrogen-bond acceptors (Lipinski definition) is 4. The molecule has 1 atom stereocenters. The molecule has 2 aromatic rings. The molecule has 2 heterocycles. The van der Waals surface area contributed by atoms with Crippen molar-refractivity contribution in [1.82, 2.24) is 4.90 Å². The van der Waals surface area contributed by atoms with Gasteiger partial charge in [-0.1, -0.05) is 41.7 Å². The molecule has 0 saturated carbocycles. The number of rotatable bonds is 6. The normalized spacial score (nSPS) is 18.6. The van der Waals surface area contributed by atoms with E-state index in [1.54, 1.807) is 6.07 Å². The van der Waals surface area contributed by atoms with E-state index in [-0.39, 0.29) is 9.92 Å². The van der Waals surface area contributed by atoms with Crippen LogP contribution < -0.4 is 0 Å². The highest BCUT2D eigenvalue weighted by atomic mass is 32.1. The molecule has 0 spiro atoms. The molecule has 0 N–H and O–H groups in total. The van der Waals surface area contributed by atoms with Crippen molar-refractivity contribution >= 4 is 16.3 Å². The van der Waals surface area contributed by atoms with Gasteiger partial charge in [0.1, 0.15) is 0 Å². The highest BCUT2D eigenvalue weighted by Crippen LogP contribution is 2.28. The van der Waals surface area contributed by atoms with Crippen molar-refractivity contribution in [3.05, 3.63) is 63.0 Å². The Morgan fingerprint density at radius 2 is 2.09 bits per heavy atom. The Balaban J connectivity index is 1.57. The van der Waals surface area contributed by atoms with Gasteiger partial charge in [0.25, 0.3) is 0 Å². The molecule has 0 amide bonds. The number of aryl methyl sites for hydroxylation is 1. The molecule has 0 unspecified atom stereocenters. The third-order valence-electron chi connectivity index (χ3n) is 4.31. The zero-order valence-corrected chi connectivity index (χ0v) is 13.3. The first-order valence-electron chi connectivity index (χ1n) is 7.72. The van der Waals surface area contributed by atoms with Crippen LogP contribution in [-0.2, 0) is 13.0 Å². The van der Waals surface area contributed by atoms with Gasteiger partial charge in [0.15, 0.2) is 0 Å². The molecular formula is C17H20N2O2S. The van der Waals surface area contributed by atoms with Gasteiger partial charge in [0.05, 0.1) is 4.92 Å². The second-order valence-electron chi connectivity index (χ2n) is 5.84. The number of nitrogens with zero attached hydrogens (tertiary/aromatic N) is 2. The summed E-state index contributed by atoms with van der Waals surface area (Å²) in [6, 6.07) is 12.9. The van der Waals surface area contributed by atoms with Crippen LogP contribution >= 0.6 is 11.3 Å². The Hall–Kier alpha value is -1.72. The fraction of sp³-hybridized carbons (Fsp3) is 0.412. The first-order valence-corrected chi connectivity index (χ1v) is 8.60. The van der Waals surface area contributed by atoms with Crippen molar-refractivity contribution < 1.29 is 4.92 Å². The van der Waals surface area contributed by atoms with Crippen LogP contribution in [0.4, 0.5) is 5.00 Å². The van der Waals surface area contributed by atoms with E-state index in [0.29, 0.717) is 6.04 Å². The fourth-order valence-corrected chi connectivity index (χ4v) is 3.90. The number of likely N-dealkylation sites (tertiary alicyclic amines) is 1. The van der Waals surface area contributed by atoms with E-state index >= 15 is 0 Å². The standard InChI is InChI=1S/C17H20N2O2S/c20-19(21)17-11-15(13-22-17)12-18-10-4-7-16(18)9-8-14-5-2-1-3-6-14/h1-3,5-6,11,13,16H,4,7-10,12H2/t16-/m1/s1. The van der Waals surface area contributed by atoms with E-state index in [1.807, 2.05) is 5.38 Å². The molecule has 0 bridgehead atoms. The van der Waals surface area contributed by atoms with Gasteiger partial charge < -0.3 is 0 Å². The van der Waals surface area contributed by atoms with E-state index < -0.39 is 0 Å². The fourth-order valence-electron chi connectivity index (χ4n) is 3.18. The molecule has 4 nitrogen and oxygen atoms in total. The van der Waals surface area contributed by atoms with Crippen molar-refractivity contribution in [2.45, 2.75) is 38.3 Å². The molecule has 0 aliphatic carbocycles. The van der Waals surface area contributed by atoms with E-state index in [2.05, 4.69) is 35.2 Å². The van der Waals surface area contributed by atoms with Gasteiger partial charge in [-0.05, 0) is 43.4 Å². The average Bonchev–Trinajstić information content (AvgIpc) is 3.16. The molecule has 1 aliphatic heterocycles. The van der Waals surface area contributed by atoms with Crippen LogP contribution in [0, 0.1) is 10.1 Å². The Bertz CT molecular complexity index is 627. The van der Waals surface area contributed by atoms with E-state index in [9.17, 15) is 10.1 Å². The Morgan fingerprint density at radius 3 is 2.82 bits per heavy atom. The summed E-state index contributed by atoms with van der Waals surface area (Å²) in [5.41, 5.74) is 2.46. The van der Waals surface area contributed by atoms with Gasteiger partial charge >= 0.3 is 5.00 Å². The van der Waals surface area contributed by atoms with Crippen molar-refractivity contribution in [3.63, 3.8) is 0 Å². The van der Waals surface area contributed by atoms with Gasteiger partial charge in [0, 0.05) is 24.0 Å². The molecule has 1 aliphatic rings. The first-order chi connectivity index (χ1) is 10.7. The quantitative estimate of drug-likeness (QED) is 0.591. The Morgan fingerprint density at radius 1 is 1.27 bits per heavy atom. The summed E-state index contributed by atoms with van der Waals surface area (Å²) in [7, 11) is 0. The maximum atomic E-state index is 10.8. The largest absolute Gasteiger partial charge is 0.324 e. The molecule has 0 radical (unpaired) electrons. The number of thiophene rings is 1. The summed E-state index contributed by atoms with van der Waals surface area (Å²) in [4.78, 5) is 13.0. The van der Waals surface area contributed by atoms with Crippen LogP contribution in [0.2, 0.25) is 0 Å². The van der Waals surface area contributed by atoms with Crippen LogP contribution in [0.15, 0.2) is 41.8 Å². The first kappa shape index (κ1) is 15.2. The minimum absolute atomic E-state index is 0.245. The lowest BCUT2D eigenvalue weighted by atomic mass is 10.0. The minimum Gasteiger partial charge on any atom is -0.296 e. The van der Waals surface area contributed by atoms with Crippen LogP contribution in [0.3, 0.4) is 0 Å². The molecule has 1 saturated heterocycles. The molecule has 1 fully saturated rings. The highest BCUT2D eigenvalue weighted by molar-refractivity contribution is 7.13. The number of benzene rings is 1. The topological polar surface area (TPSA) is 46.4 Å². The lowest BCUT2D eigenvalue weighted by Gasteiger charge is -2.24. The summed E-state index contributed by atoms with van der Waals surface area (Å²) in [6.45, 7) is 1.94. The molecular weight excluding hydrogens is 296 g/mol. The zero-order valence-electron chi connectivity index (χ0n) is 12.5. The molecule has 116 valence electrons. The predicted octanol–water partition coefficient (Wildman–Crippen LogP) is 4.25. The average molecular weight is 316 g/mol. The maximum Gasteiger partial charge on any atom is 0.324 e. The second kappa shape index (κ2) is 7.03. The monoisotopic (exact) mass is 316 g/mol. The summed E-state index contributed by atoms with van der Waals surface area (Å²) in [5, 5.41) is 12.9. The van der Waals surface area contributed by atoms with E-state index in [1.165, 1.54) is 29.7 Å². The van der Waals surface area contributed by atoms with Crippen LogP contribution in [-0.4, -0.2) is 22.4 Å². The van der Waals surface area contributed by atoms with Crippen molar-refractivity contribution in [1.29, 1.82) is 0 Å². The lowest BCUT2D eigenvalue weighted by molar-refractivity contribution is -0.380. The number of hydrogen-bond donors (Lipinski definition) is 0. The van der Waals surface area contributed by atoms with Gasteiger partial charge in [-0.25, -0.2) is 0 Å². The van der Waals surface area contributed by atoms with Crippen molar-refractivity contribution in [3.8, 4) is 0 Å². The lowest BCUT2D eigenvalue weighted by Crippen LogP contribution is -2.29. The summed E-state index contributed by atoms with van der Waals surface area (Å²) in [6.07, 6.45) is 4.73. The summed E-state index contributed by atoms with van der Waals surface area (Å²) >= 11 is 1.23. The van der Waals surface area contributed by atoms with Gasteiger partial charge in [-0.2, -0.15) is 0 Å². The van der Waals surface area contributed by atoms with E-state index in [4.69, 9.17) is 0 Å². The van der Waals surface area contributed by atoms with Crippen LogP contribution in [0.1, 0.15) is 30.4 Å². The van der Waals surface area contributed by atoms with Crippen molar-refractivity contribution in [2.24, 2.45) is 0 Å². The third kappa shape index (κ3) is 3.72. The molecule has 1 aromatic carbocycles. The van der Waals surface area contributed by atoms with Gasteiger partial charge in [0.2, 0.25) is 0 Å². The third-order valence-corrected chi connectivity index (χ3v) is 5.24. The smallest absolute Gasteiger partial charge is 0.296 e. The van der Waals surface area contributed by atoms with Crippen LogP contribution in [0.5, 0.6) is 0 Å². The van der Waals surface area contributed by atoms with Crippen molar-refractivity contribution in [2.75, 3.05) is 6.54 Å². The molecule has 22 heavy (non-hydrogen) atoms. The molecule has 3 rings (SSSR count). The molecule has 5 heteroatoms. The maximum absolute atomic E-state index is 10.8. The Kier molecular flexibility index (Phi) is 4.85. The Labute approximate surface area is 134 Å². The van der Waals surface area contributed by atoms with Gasteiger partial charge in [-0.15, -0.1) is 0 Å². The van der Waals surface area contributed by atoms with Crippen LogP contribution in [0.25, 0.3) is 0 Å². The predicted molar refractivity (Wildman–Crippen MR) is 89.2 cm³/mol.